The molecule has 0 unspecified atom stereocenters. The second-order valence-electron chi connectivity index (χ2n) is 6.74. The van der Waals surface area contributed by atoms with Gasteiger partial charge in [0.05, 0.1) is 6.54 Å². The Morgan fingerprint density at radius 3 is 2.60 bits per heavy atom. The van der Waals surface area contributed by atoms with Gasteiger partial charge in [-0.05, 0) is 31.4 Å². The van der Waals surface area contributed by atoms with Gasteiger partial charge in [0.1, 0.15) is 6.26 Å². The van der Waals surface area contributed by atoms with E-state index in [2.05, 4.69) is 15.6 Å². The molecule has 0 saturated carbocycles. The van der Waals surface area contributed by atoms with Gasteiger partial charge in [-0.2, -0.15) is 0 Å². The number of para-hydroxylation sites is 1. The van der Waals surface area contributed by atoms with Crippen LogP contribution in [0.25, 0.3) is 0 Å². The van der Waals surface area contributed by atoms with Crippen LogP contribution in [0, 0.1) is 6.92 Å². The monoisotopic (exact) mass is 418 g/mol. The van der Waals surface area contributed by atoms with Crippen LogP contribution in [0.3, 0.4) is 0 Å². The number of ether oxygens (including phenoxy) is 2. The molecule has 0 atom stereocenters. The molecule has 0 saturated heterocycles. The van der Waals surface area contributed by atoms with E-state index in [9.17, 15) is 9.59 Å². The van der Waals surface area contributed by atoms with Crippen LogP contribution in [-0.2, 0) is 16.0 Å². The number of hydrogen-bond acceptors (Lipinski definition) is 6. The number of aryl methyl sites for hydroxylation is 1. The molecular weight excluding hydrogens is 388 g/mol. The van der Waals surface area contributed by atoms with Crippen LogP contribution < -0.4 is 10.6 Å². The third-order valence-electron chi connectivity index (χ3n) is 4.37. The van der Waals surface area contributed by atoms with Crippen molar-refractivity contribution < 1.29 is 23.5 Å². The smallest absolute Gasteiger partial charge is 0.322 e. The van der Waals surface area contributed by atoms with Crippen molar-refractivity contribution in [3.63, 3.8) is 0 Å². The number of rotatable bonds is 12. The molecule has 0 radical (unpaired) electrons. The molecule has 9 heteroatoms. The molecule has 3 amide bonds. The fraction of sp³-hybridized carbons (Fsp3) is 0.476. The van der Waals surface area contributed by atoms with Crippen molar-refractivity contribution in [1.29, 1.82) is 0 Å². The van der Waals surface area contributed by atoms with Gasteiger partial charge in [0.25, 0.3) is 5.91 Å². The molecule has 30 heavy (non-hydrogen) atoms. The van der Waals surface area contributed by atoms with Gasteiger partial charge >= 0.3 is 6.03 Å². The molecule has 1 aromatic carbocycles. The number of carbonyl (C=O) groups is 2. The van der Waals surface area contributed by atoms with Gasteiger partial charge in [-0.1, -0.05) is 18.2 Å². The predicted molar refractivity (Wildman–Crippen MR) is 112 cm³/mol. The number of benzene rings is 1. The predicted octanol–water partition coefficient (Wildman–Crippen LogP) is 2.82. The van der Waals surface area contributed by atoms with Crippen LogP contribution in [0.2, 0.25) is 0 Å². The summed E-state index contributed by atoms with van der Waals surface area (Å²) in [5, 5.41) is 5.67. The van der Waals surface area contributed by atoms with Crippen molar-refractivity contribution in [1.82, 2.24) is 15.2 Å². The molecule has 0 bridgehead atoms. The zero-order valence-corrected chi connectivity index (χ0v) is 17.8. The molecular formula is C21H30N4O5. The van der Waals surface area contributed by atoms with E-state index in [1.807, 2.05) is 31.2 Å². The van der Waals surface area contributed by atoms with E-state index in [1.165, 1.54) is 6.26 Å². The van der Waals surface area contributed by atoms with E-state index < -0.39 is 0 Å². The summed E-state index contributed by atoms with van der Waals surface area (Å²) < 4.78 is 15.5. The van der Waals surface area contributed by atoms with E-state index in [1.54, 1.807) is 19.1 Å². The van der Waals surface area contributed by atoms with E-state index in [4.69, 9.17) is 13.9 Å². The third-order valence-corrected chi connectivity index (χ3v) is 4.37. The number of urea groups is 1. The number of carbonyl (C=O) groups excluding carboxylic acids is 2. The number of hydrogen-bond donors (Lipinski definition) is 2. The van der Waals surface area contributed by atoms with Gasteiger partial charge in [0, 0.05) is 46.2 Å². The Morgan fingerprint density at radius 2 is 1.87 bits per heavy atom. The van der Waals surface area contributed by atoms with Crippen molar-refractivity contribution in [2.24, 2.45) is 0 Å². The van der Waals surface area contributed by atoms with Crippen molar-refractivity contribution in [3.8, 4) is 0 Å². The average molecular weight is 418 g/mol. The number of aromatic nitrogens is 1. The lowest BCUT2D eigenvalue weighted by Crippen LogP contribution is -2.36. The molecule has 1 aromatic heterocycles. The molecule has 0 spiro atoms. The van der Waals surface area contributed by atoms with E-state index >= 15 is 0 Å². The van der Waals surface area contributed by atoms with Crippen LogP contribution in [0.4, 0.5) is 10.5 Å². The van der Waals surface area contributed by atoms with Gasteiger partial charge < -0.3 is 29.4 Å². The number of amides is 3. The molecule has 9 nitrogen and oxygen atoms in total. The molecule has 164 valence electrons. The summed E-state index contributed by atoms with van der Waals surface area (Å²) in [6.45, 7) is 4.09. The van der Waals surface area contributed by atoms with Crippen molar-refractivity contribution in [3.05, 3.63) is 47.7 Å². The minimum absolute atomic E-state index is 0.137. The lowest BCUT2D eigenvalue weighted by molar-refractivity contribution is 0.0943. The Kier molecular flexibility index (Phi) is 9.82. The molecule has 2 rings (SSSR count). The zero-order chi connectivity index (χ0) is 21.8. The molecule has 0 aliphatic heterocycles. The maximum atomic E-state index is 12.8. The first-order valence-electron chi connectivity index (χ1n) is 9.87. The largest absolute Gasteiger partial charge is 0.446 e. The standard InChI is InChI=1S/C21H30N4O5/c1-16-8-4-5-9-17(16)24-21(27)25(11-7-13-29-3)14-19-23-18(15-30-19)20(26)22-10-6-12-28-2/h4-5,8-9,15H,6-7,10-14H2,1-3H3,(H,22,26)(H,24,27). The normalized spacial score (nSPS) is 10.6. The number of nitrogens with zero attached hydrogens (tertiary/aromatic N) is 2. The van der Waals surface area contributed by atoms with Gasteiger partial charge in [-0.3, -0.25) is 4.79 Å². The molecule has 0 aliphatic carbocycles. The quantitative estimate of drug-likeness (QED) is 0.514. The van der Waals surface area contributed by atoms with Crippen LogP contribution in [0.15, 0.2) is 34.9 Å². The lowest BCUT2D eigenvalue weighted by Gasteiger charge is -2.22. The lowest BCUT2D eigenvalue weighted by atomic mass is 10.2. The first-order valence-corrected chi connectivity index (χ1v) is 9.87. The highest BCUT2D eigenvalue weighted by molar-refractivity contribution is 5.92. The highest BCUT2D eigenvalue weighted by Crippen LogP contribution is 2.15. The molecule has 2 aromatic rings. The Balaban J connectivity index is 2.00. The summed E-state index contributed by atoms with van der Waals surface area (Å²) in [6.07, 6.45) is 2.66. The Hall–Kier alpha value is -2.91. The van der Waals surface area contributed by atoms with E-state index in [-0.39, 0.29) is 30.1 Å². The van der Waals surface area contributed by atoms with Crippen molar-refractivity contribution >= 4 is 17.6 Å². The van der Waals surface area contributed by atoms with Crippen LogP contribution in [0.5, 0.6) is 0 Å². The summed E-state index contributed by atoms with van der Waals surface area (Å²) in [7, 11) is 3.22. The van der Waals surface area contributed by atoms with Crippen molar-refractivity contribution in [2.75, 3.05) is 45.8 Å². The second-order valence-corrected chi connectivity index (χ2v) is 6.74. The highest BCUT2D eigenvalue weighted by atomic mass is 16.5. The summed E-state index contributed by atoms with van der Waals surface area (Å²) in [4.78, 5) is 30.8. The van der Waals surface area contributed by atoms with E-state index in [0.717, 1.165) is 11.3 Å². The third kappa shape index (κ3) is 7.49. The van der Waals surface area contributed by atoms with Crippen LogP contribution >= 0.6 is 0 Å². The fourth-order valence-electron chi connectivity index (χ4n) is 2.72. The summed E-state index contributed by atoms with van der Waals surface area (Å²) in [5.41, 5.74) is 1.88. The van der Waals surface area contributed by atoms with Crippen molar-refractivity contribution in [2.45, 2.75) is 26.3 Å². The fourth-order valence-corrected chi connectivity index (χ4v) is 2.72. The van der Waals surface area contributed by atoms with Crippen LogP contribution in [-0.4, -0.2) is 62.3 Å². The topological polar surface area (TPSA) is 106 Å². The molecule has 0 aliphatic rings. The summed E-state index contributed by atoms with van der Waals surface area (Å²) in [5.74, 6) is -0.0363. The first-order chi connectivity index (χ1) is 14.5. The molecule has 2 N–H and O–H groups in total. The number of oxazole rings is 1. The summed E-state index contributed by atoms with van der Waals surface area (Å²) in [6, 6.07) is 7.28. The number of nitrogens with one attached hydrogen (secondary N) is 2. The van der Waals surface area contributed by atoms with Gasteiger partial charge in [0.15, 0.2) is 5.69 Å². The maximum absolute atomic E-state index is 12.8. The SMILES string of the molecule is COCCCNC(=O)c1coc(CN(CCCOC)C(=O)Nc2ccccc2C)n1. The van der Waals surface area contributed by atoms with E-state index in [0.29, 0.717) is 39.1 Å². The molecule has 0 fully saturated rings. The number of methoxy groups -OCH3 is 2. The zero-order valence-electron chi connectivity index (χ0n) is 17.8. The van der Waals surface area contributed by atoms with Gasteiger partial charge in [-0.25, -0.2) is 9.78 Å². The Morgan fingerprint density at radius 1 is 1.13 bits per heavy atom. The maximum Gasteiger partial charge on any atom is 0.322 e. The minimum Gasteiger partial charge on any atom is -0.446 e. The summed E-state index contributed by atoms with van der Waals surface area (Å²) >= 11 is 0. The number of anilines is 1. The van der Waals surface area contributed by atoms with Crippen LogP contribution in [0.1, 0.15) is 34.8 Å². The highest BCUT2D eigenvalue weighted by Gasteiger charge is 2.19. The Bertz CT molecular complexity index is 808. The first kappa shape index (κ1) is 23.4. The Labute approximate surface area is 176 Å². The van der Waals surface area contributed by atoms with Gasteiger partial charge in [-0.15, -0.1) is 0 Å². The molecule has 1 heterocycles. The minimum atomic E-state index is -0.323. The van der Waals surface area contributed by atoms with Gasteiger partial charge in [0.2, 0.25) is 5.89 Å². The second kappa shape index (κ2) is 12.6. The average Bonchev–Trinajstić information content (AvgIpc) is 3.21.